The van der Waals surface area contributed by atoms with E-state index in [4.69, 9.17) is 4.74 Å². The molecular weight excluding hydrogens is 224 g/mol. The average molecular weight is 244 g/mol. The molecule has 0 fully saturated rings. The van der Waals surface area contributed by atoms with Crippen molar-refractivity contribution in [3.63, 3.8) is 0 Å². The second-order valence-electron chi connectivity index (χ2n) is 4.32. The molecule has 18 heavy (non-hydrogen) atoms. The second kappa shape index (κ2) is 6.97. The van der Waals surface area contributed by atoms with Gasteiger partial charge in [0, 0.05) is 5.39 Å². The molecular formula is C15H20N2O. The Kier molecular flexibility index (Phi) is 4.97. The molecule has 0 aliphatic rings. The Morgan fingerprint density at radius 2 is 2.11 bits per heavy atom. The predicted octanol–water partition coefficient (Wildman–Crippen LogP) is 3.00. The van der Waals surface area contributed by atoms with E-state index in [0.717, 1.165) is 42.8 Å². The molecule has 1 N–H and O–H groups in total. The van der Waals surface area contributed by atoms with Crippen LogP contribution in [-0.2, 0) is 0 Å². The smallest absolute Gasteiger partial charge is 0.138 e. The Bertz CT molecular complexity index is 485. The molecule has 1 aromatic heterocycles. The van der Waals surface area contributed by atoms with Gasteiger partial charge in [0.25, 0.3) is 0 Å². The fourth-order valence-corrected chi connectivity index (χ4v) is 1.82. The Hall–Kier alpha value is -1.61. The third kappa shape index (κ3) is 3.70. The number of hydrogen-bond donors (Lipinski definition) is 1. The lowest BCUT2D eigenvalue weighted by molar-refractivity contribution is 0.307. The highest BCUT2D eigenvalue weighted by Crippen LogP contribution is 2.17. The topological polar surface area (TPSA) is 34.1 Å². The summed E-state index contributed by atoms with van der Waals surface area (Å²) in [4.78, 5) is 4.37. The minimum absolute atomic E-state index is 0.733. The van der Waals surface area contributed by atoms with E-state index in [9.17, 15) is 0 Å². The van der Waals surface area contributed by atoms with Gasteiger partial charge in [0.1, 0.15) is 5.75 Å². The van der Waals surface area contributed by atoms with Crippen LogP contribution in [0, 0.1) is 0 Å². The highest BCUT2D eigenvalue weighted by Gasteiger charge is 1.97. The van der Waals surface area contributed by atoms with Crippen molar-refractivity contribution >= 4 is 10.9 Å². The van der Waals surface area contributed by atoms with E-state index in [2.05, 4.69) is 23.3 Å². The van der Waals surface area contributed by atoms with E-state index in [0.29, 0.717) is 0 Å². The molecule has 0 unspecified atom stereocenters. The van der Waals surface area contributed by atoms with Gasteiger partial charge in [0.2, 0.25) is 0 Å². The van der Waals surface area contributed by atoms with E-state index >= 15 is 0 Å². The Labute approximate surface area is 108 Å². The lowest BCUT2D eigenvalue weighted by Gasteiger charge is -2.07. The van der Waals surface area contributed by atoms with E-state index in [1.165, 1.54) is 6.42 Å². The number of ether oxygens (including phenoxy) is 1. The molecule has 3 nitrogen and oxygen atoms in total. The molecule has 1 heterocycles. The number of para-hydroxylation sites is 1. The molecule has 0 bridgehead atoms. The van der Waals surface area contributed by atoms with Gasteiger partial charge in [-0.15, -0.1) is 0 Å². The number of nitrogens with zero attached hydrogens (tertiary/aromatic N) is 1. The first-order valence-electron chi connectivity index (χ1n) is 6.58. The number of hydrogen-bond acceptors (Lipinski definition) is 3. The minimum Gasteiger partial charge on any atom is -0.492 e. The first-order valence-corrected chi connectivity index (χ1v) is 6.58. The van der Waals surface area contributed by atoms with Crippen LogP contribution in [0.25, 0.3) is 10.9 Å². The molecule has 1 aromatic carbocycles. The van der Waals surface area contributed by atoms with Crippen molar-refractivity contribution in [1.29, 1.82) is 0 Å². The van der Waals surface area contributed by atoms with Gasteiger partial charge in [-0.3, -0.25) is 4.98 Å². The zero-order valence-corrected chi connectivity index (χ0v) is 10.9. The summed E-state index contributed by atoms with van der Waals surface area (Å²) in [5.74, 6) is 0.851. The first kappa shape index (κ1) is 12.8. The van der Waals surface area contributed by atoms with Crippen molar-refractivity contribution < 1.29 is 4.74 Å². The number of nitrogens with one attached hydrogen (secondary N) is 1. The summed E-state index contributed by atoms with van der Waals surface area (Å²) >= 11 is 0. The van der Waals surface area contributed by atoms with Gasteiger partial charge in [-0.1, -0.05) is 25.1 Å². The Balaban J connectivity index is 1.81. The van der Waals surface area contributed by atoms with E-state index in [1.54, 1.807) is 6.20 Å². The molecule has 0 aliphatic carbocycles. The van der Waals surface area contributed by atoms with Crippen LogP contribution in [0.4, 0.5) is 0 Å². The van der Waals surface area contributed by atoms with Crippen LogP contribution in [0.3, 0.4) is 0 Å². The molecule has 0 amide bonds. The lowest BCUT2D eigenvalue weighted by atomic mass is 10.2. The van der Waals surface area contributed by atoms with E-state index in [-0.39, 0.29) is 0 Å². The largest absolute Gasteiger partial charge is 0.492 e. The van der Waals surface area contributed by atoms with Gasteiger partial charge in [-0.25, -0.2) is 0 Å². The normalized spacial score (nSPS) is 10.7. The Morgan fingerprint density at radius 1 is 1.22 bits per heavy atom. The molecule has 0 saturated heterocycles. The molecule has 0 spiro atoms. The van der Waals surface area contributed by atoms with Gasteiger partial charge in [-0.2, -0.15) is 0 Å². The van der Waals surface area contributed by atoms with Crippen LogP contribution in [0.1, 0.15) is 19.8 Å². The summed E-state index contributed by atoms with van der Waals surface area (Å²) in [5.41, 5.74) is 1.01. The van der Waals surface area contributed by atoms with Crippen LogP contribution in [0.2, 0.25) is 0 Å². The van der Waals surface area contributed by atoms with Crippen molar-refractivity contribution in [3.8, 4) is 5.75 Å². The van der Waals surface area contributed by atoms with E-state index in [1.807, 2.05) is 24.3 Å². The van der Waals surface area contributed by atoms with Crippen molar-refractivity contribution in [1.82, 2.24) is 10.3 Å². The highest BCUT2D eigenvalue weighted by molar-refractivity contribution is 5.79. The monoisotopic (exact) mass is 244 g/mol. The third-order valence-corrected chi connectivity index (χ3v) is 2.76. The number of benzene rings is 1. The average Bonchev–Trinajstić information content (AvgIpc) is 2.42. The van der Waals surface area contributed by atoms with Gasteiger partial charge in [-0.05, 0) is 38.1 Å². The molecule has 0 radical (unpaired) electrons. The second-order valence-corrected chi connectivity index (χ2v) is 4.32. The van der Waals surface area contributed by atoms with Gasteiger partial charge < -0.3 is 10.1 Å². The molecule has 96 valence electrons. The minimum atomic E-state index is 0.733. The predicted molar refractivity (Wildman–Crippen MR) is 75.0 cm³/mol. The SMILES string of the molecule is CCCNCCCOc1cnc2ccccc2c1. The van der Waals surface area contributed by atoms with Gasteiger partial charge in [0.05, 0.1) is 18.3 Å². The van der Waals surface area contributed by atoms with Crippen molar-refractivity contribution in [2.24, 2.45) is 0 Å². The quantitative estimate of drug-likeness (QED) is 0.760. The molecule has 2 aromatic rings. The van der Waals surface area contributed by atoms with Crippen molar-refractivity contribution in [3.05, 3.63) is 36.5 Å². The molecule has 0 atom stereocenters. The lowest BCUT2D eigenvalue weighted by Crippen LogP contribution is -2.18. The van der Waals surface area contributed by atoms with E-state index < -0.39 is 0 Å². The zero-order chi connectivity index (χ0) is 12.6. The first-order chi connectivity index (χ1) is 8.90. The van der Waals surface area contributed by atoms with Crippen molar-refractivity contribution in [2.45, 2.75) is 19.8 Å². The van der Waals surface area contributed by atoms with Crippen LogP contribution in [0.5, 0.6) is 5.75 Å². The summed E-state index contributed by atoms with van der Waals surface area (Å²) < 4.78 is 5.69. The number of aromatic nitrogens is 1. The molecule has 0 saturated carbocycles. The van der Waals surface area contributed by atoms with Crippen LogP contribution in [0.15, 0.2) is 36.5 Å². The van der Waals surface area contributed by atoms with Gasteiger partial charge in [0.15, 0.2) is 0 Å². The van der Waals surface area contributed by atoms with Crippen LogP contribution < -0.4 is 10.1 Å². The summed E-state index contributed by atoms with van der Waals surface area (Å²) in [5, 5.41) is 4.48. The van der Waals surface area contributed by atoms with Crippen LogP contribution >= 0.6 is 0 Å². The molecule has 3 heteroatoms. The van der Waals surface area contributed by atoms with Gasteiger partial charge >= 0.3 is 0 Å². The van der Waals surface area contributed by atoms with Crippen molar-refractivity contribution in [2.75, 3.05) is 19.7 Å². The fraction of sp³-hybridized carbons (Fsp3) is 0.400. The third-order valence-electron chi connectivity index (χ3n) is 2.76. The maximum absolute atomic E-state index is 5.69. The highest BCUT2D eigenvalue weighted by atomic mass is 16.5. The fourth-order valence-electron chi connectivity index (χ4n) is 1.82. The number of fused-ring (bicyclic) bond motifs is 1. The summed E-state index contributed by atoms with van der Waals surface area (Å²) in [7, 11) is 0. The van der Waals surface area contributed by atoms with Crippen LogP contribution in [-0.4, -0.2) is 24.7 Å². The number of pyridine rings is 1. The molecule has 0 aliphatic heterocycles. The standard InChI is InChI=1S/C15H20N2O/c1-2-8-16-9-5-10-18-14-11-13-6-3-4-7-15(13)17-12-14/h3-4,6-7,11-12,16H,2,5,8-10H2,1H3. The maximum Gasteiger partial charge on any atom is 0.138 e. The molecule has 2 rings (SSSR count). The summed E-state index contributed by atoms with van der Waals surface area (Å²) in [6.07, 6.45) is 3.99. The Morgan fingerprint density at radius 3 is 3.00 bits per heavy atom. The number of rotatable bonds is 7. The maximum atomic E-state index is 5.69. The zero-order valence-electron chi connectivity index (χ0n) is 10.9. The summed E-state index contributed by atoms with van der Waals surface area (Å²) in [6.45, 7) is 4.99. The summed E-state index contributed by atoms with van der Waals surface area (Å²) in [6, 6.07) is 10.1.